The number of rotatable bonds is 2. The van der Waals surface area contributed by atoms with E-state index in [-0.39, 0.29) is 16.4 Å². The van der Waals surface area contributed by atoms with Gasteiger partial charge in [0.25, 0.3) is 0 Å². The summed E-state index contributed by atoms with van der Waals surface area (Å²) in [5, 5.41) is 4.12. The van der Waals surface area contributed by atoms with Crippen LogP contribution in [-0.2, 0) is 6.18 Å². The van der Waals surface area contributed by atoms with Gasteiger partial charge in [0, 0.05) is 5.69 Å². The van der Waals surface area contributed by atoms with Crippen molar-refractivity contribution in [2.24, 2.45) is 5.73 Å². The highest BCUT2D eigenvalue weighted by molar-refractivity contribution is 7.80. The Balaban J connectivity index is 2.71. The highest BCUT2D eigenvalue weighted by Crippen LogP contribution is 2.29. The molecule has 0 fully saturated rings. The predicted molar refractivity (Wildman–Crippen MR) is 71.7 cm³/mol. The van der Waals surface area contributed by atoms with Crippen LogP contribution in [0.4, 0.5) is 13.2 Å². The van der Waals surface area contributed by atoms with Crippen LogP contribution in [0.2, 0.25) is 0 Å². The van der Waals surface area contributed by atoms with Crippen LogP contribution in [0.25, 0.3) is 5.82 Å². The number of hydrogen-bond donors (Lipinski definition) is 1. The third-order valence-corrected chi connectivity index (χ3v) is 2.86. The molecule has 0 saturated carbocycles. The summed E-state index contributed by atoms with van der Waals surface area (Å²) in [6.45, 7) is 3.45. The Morgan fingerprint density at radius 3 is 2.40 bits per heavy atom. The molecule has 20 heavy (non-hydrogen) atoms. The van der Waals surface area contributed by atoms with Crippen LogP contribution < -0.4 is 5.73 Å². The monoisotopic (exact) mass is 300 g/mol. The van der Waals surface area contributed by atoms with Crippen LogP contribution in [0.1, 0.15) is 22.6 Å². The zero-order valence-electron chi connectivity index (χ0n) is 10.7. The fourth-order valence-electron chi connectivity index (χ4n) is 1.80. The molecule has 0 atom stereocenters. The maximum absolute atomic E-state index is 12.8. The average molecular weight is 300 g/mol. The summed E-state index contributed by atoms with van der Waals surface area (Å²) in [6.07, 6.45) is -4.54. The van der Waals surface area contributed by atoms with Crippen LogP contribution in [0, 0.1) is 13.8 Å². The minimum atomic E-state index is -4.54. The summed E-state index contributed by atoms with van der Waals surface area (Å²) < 4.78 is 39.6. The van der Waals surface area contributed by atoms with Crippen molar-refractivity contribution in [3.63, 3.8) is 0 Å². The number of hydrogen-bond acceptors (Lipinski definition) is 3. The van der Waals surface area contributed by atoms with E-state index in [4.69, 9.17) is 18.0 Å². The Bertz CT molecular complexity index is 676. The highest BCUT2D eigenvalue weighted by atomic mass is 32.1. The number of halogens is 3. The van der Waals surface area contributed by atoms with Crippen molar-refractivity contribution in [1.29, 1.82) is 0 Å². The van der Waals surface area contributed by atoms with Crippen molar-refractivity contribution in [3.05, 3.63) is 40.8 Å². The number of aromatic nitrogens is 3. The fraction of sp³-hybridized carbons (Fsp3) is 0.250. The molecule has 2 aromatic heterocycles. The second kappa shape index (κ2) is 4.86. The van der Waals surface area contributed by atoms with Gasteiger partial charge in [0.05, 0.1) is 11.3 Å². The first kappa shape index (κ1) is 14.4. The Hall–Kier alpha value is -1.96. The third kappa shape index (κ3) is 2.64. The number of alkyl halides is 3. The molecule has 0 aromatic carbocycles. The molecule has 0 radical (unpaired) electrons. The Kier molecular flexibility index (Phi) is 3.51. The second-order valence-corrected chi connectivity index (χ2v) is 4.71. The molecule has 2 rings (SSSR count). The largest absolute Gasteiger partial charge is 0.433 e. The molecule has 2 aromatic rings. The van der Waals surface area contributed by atoms with Crippen molar-refractivity contribution in [1.82, 2.24) is 14.8 Å². The van der Waals surface area contributed by atoms with Crippen molar-refractivity contribution in [3.8, 4) is 5.82 Å². The lowest BCUT2D eigenvalue weighted by atomic mass is 10.2. The molecule has 0 aliphatic rings. The first-order valence-electron chi connectivity index (χ1n) is 5.62. The van der Waals surface area contributed by atoms with E-state index in [1.165, 1.54) is 10.7 Å². The maximum atomic E-state index is 12.8. The minimum absolute atomic E-state index is 0.0158. The Morgan fingerprint density at radius 2 is 1.95 bits per heavy atom. The summed E-state index contributed by atoms with van der Waals surface area (Å²) in [5.41, 5.74) is 6.08. The van der Waals surface area contributed by atoms with E-state index in [0.717, 1.165) is 6.07 Å². The van der Waals surface area contributed by atoms with Crippen LogP contribution in [0.3, 0.4) is 0 Å². The van der Waals surface area contributed by atoms with E-state index >= 15 is 0 Å². The molecule has 2 N–H and O–H groups in total. The zero-order chi connectivity index (χ0) is 15.1. The molecule has 0 bridgehead atoms. The molecule has 106 valence electrons. The fourth-order valence-corrected chi connectivity index (χ4v) is 1.96. The van der Waals surface area contributed by atoms with E-state index in [9.17, 15) is 13.2 Å². The Morgan fingerprint density at radius 1 is 1.30 bits per heavy atom. The van der Waals surface area contributed by atoms with Gasteiger partial charge < -0.3 is 5.73 Å². The van der Waals surface area contributed by atoms with Gasteiger partial charge in [-0.3, -0.25) is 0 Å². The van der Waals surface area contributed by atoms with Gasteiger partial charge in [0.1, 0.15) is 10.7 Å². The quantitative estimate of drug-likeness (QED) is 0.866. The molecular formula is C12H11F3N4S. The van der Waals surface area contributed by atoms with E-state index in [2.05, 4.69) is 10.1 Å². The lowest BCUT2D eigenvalue weighted by Gasteiger charge is -2.12. The lowest BCUT2D eigenvalue weighted by molar-refractivity contribution is -0.141. The lowest BCUT2D eigenvalue weighted by Crippen LogP contribution is -2.19. The van der Waals surface area contributed by atoms with Crippen LogP contribution >= 0.6 is 12.2 Å². The summed E-state index contributed by atoms with van der Waals surface area (Å²) in [5.74, 6) is -0.0158. The van der Waals surface area contributed by atoms with E-state index in [1.807, 2.05) is 0 Å². The van der Waals surface area contributed by atoms with Gasteiger partial charge in [-0.05, 0) is 32.0 Å². The number of nitrogens with zero attached hydrogens (tertiary/aromatic N) is 3. The third-order valence-electron chi connectivity index (χ3n) is 2.64. The second-order valence-electron chi connectivity index (χ2n) is 4.27. The molecule has 2 heterocycles. The van der Waals surface area contributed by atoms with Gasteiger partial charge >= 0.3 is 6.18 Å². The summed E-state index contributed by atoms with van der Waals surface area (Å²) in [7, 11) is 0. The smallest absolute Gasteiger partial charge is 0.389 e. The summed E-state index contributed by atoms with van der Waals surface area (Å²) >= 11 is 4.85. The van der Waals surface area contributed by atoms with Gasteiger partial charge in [-0.25, -0.2) is 9.67 Å². The van der Waals surface area contributed by atoms with Gasteiger partial charge in [-0.2, -0.15) is 18.3 Å². The van der Waals surface area contributed by atoms with Crippen LogP contribution in [-0.4, -0.2) is 19.8 Å². The first-order valence-corrected chi connectivity index (χ1v) is 6.02. The molecule has 8 heteroatoms. The van der Waals surface area contributed by atoms with Gasteiger partial charge in [-0.1, -0.05) is 12.2 Å². The number of pyridine rings is 1. The molecular weight excluding hydrogens is 289 g/mol. The van der Waals surface area contributed by atoms with Crippen LogP contribution in [0.5, 0.6) is 0 Å². The number of nitrogens with two attached hydrogens (primary N) is 1. The summed E-state index contributed by atoms with van der Waals surface area (Å²) in [4.78, 5) is 3.58. The first-order chi connectivity index (χ1) is 9.20. The van der Waals surface area contributed by atoms with Crippen LogP contribution in [0.15, 0.2) is 18.2 Å². The molecule has 0 aliphatic carbocycles. The van der Waals surface area contributed by atoms with E-state index in [0.29, 0.717) is 11.4 Å². The number of aryl methyl sites for hydroxylation is 2. The molecule has 0 amide bonds. The SMILES string of the molecule is Cc1cc(C)n(-c2nc(C(F)(F)F)ccc2C(N)=S)n1. The van der Waals surface area contributed by atoms with Crippen molar-refractivity contribution >= 4 is 17.2 Å². The van der Waals surface area contributed by atoms with Gasteiger partial charge in [0.15, 0.2) is 5.82 Å². The molecule has 0 unspecified atom stereocenters. The molecule has 0 spiro atoms. The van der Waals surface area contributed by atoms with Crippen molar-refractivity contribution < 1.29 is 13.2 Å². The topological polar surface area (TPSA) is 56.7 Å². The van der Waals surface area contributed by atoms with Crippen molar-refractivity contribution in [2.75, 3.05) is 0 Å². The van der Waals surface area contributed by atoms with Crippen molar-refractivity contribution in [2.45, 2.75) is 20.0 Å². The zero-order valence-corrected chi connectivity index (χ0v) is 11.5. The normalized spacial score (nSPS) is 11.7. The van der Waals surface area contributed by atoms with Gasteiger partial charge in [0.2, 0.25) is 0 Å². The molecule has 0 aliphatic heterocycles. The highest BCUT2D eigenvalue weighted by Gasteiger charge is 2.33. The standard InChI is InChI=1S/C12H11F3N4S/c1-6-5-7(2)19(18-6)11-8(10(16)20)3-4-9(17-11)12(13,14)15/h3-5H,1-2H3,(H2,16,20). The summed E-state index contributed by atoms with van der Waals surface area (Å²) in [6, 6.07) is 3.79. The number of thiocarbonyl (C=S) groups is 1. The van der Waals surface area contributed by atoms with E-state index < -0.39 is 11.9 Å². The molecule has 0 saturated heterocycles. The molecule has 4 nitrogen and oxygen atoms in total. The van der Waals surface area contributed by atoms with Gasteiger partial charge in [-0.15, -0.1) is 0 Å². The Labute approximate surface area is 118 Å². The minimum Gasteiger partial charge on any atom is -0.389 e. The van der Waals surface area contributed by atoms with E-state index in [1.54, 1.807) is 19.9 Å². The predicted octanol–water partition coefficient (Wildman–Crippen LogP) is 2.54. The average Bonchev–Trinajstić information content (AvgIpc) is 2.66. The maximum Gasteiger partial charge on any atom is 0.433 e.